The monoisotopic (exact) mass is 338 g/mol. The summed E-state index contributed by atoms with van der Waals surface area (Å²) in [5.41, 5.74) is 1.62. The Morgan fingerprint density at radius 1 is 0.960 bits per heavy atom. The maximum atomic E-state index is 12.9. The number of amides is 2. The van der Waals surface area contributed by atoms with Gasteiger partial charge in [0, 0.05) is 13.1 Å². The van der Waals surface area contributed by atoms with Crippen LogP contribution in [0.4, 0.5) is 4.79 Å². The molecule has 0 N–H and O–H groups in total. The van der Waals surface area contributed by atoms with Crippen LogP contribution in [0, 0.1) is 0 Å². The Balaban J connectivity index is 1.93. The van der Waals surface area contributed by atoms with Gasteiger partial charge in [-0.2, -0.15) is 5.06 Å². The number of urea groups is 1. The summed E-state index contributed by atoms with van der Waals surface area (Å²) in [7, 11) is 0. The highest BCUT2D eigenvalue weighted by molar-refractivity contribution is 5.74. The Kier molecular flexibility index (Phi) is 5.09. The maximum Gasteiger partial charge on any atom is 0.344 e. The molecule has 25 heavy (non-hydrogen) atoms. The minimum absolute atomic E-state index is 0.0596. The van der Waals surface area contributed by atoms with Gasteiger partial charge in [0.25, 0.3) is 0 Å². The number of carbonyl (C=O) groups is 1. The Morgan fingerprint density at radius 3 is 1.80 bits per heavy atom. The molecule has 0 unspecified atom stereocenters. The van der Waals surface area contributed by atoms with E-state index in [0.717, 1.165) is 30.6 Å². The molecule has 0 saturated carbocycles. The molecule has 0 atom stereocenters. The summed E-state index contributed by atoms with van der Waals surface area (Å²) in [5.74, 6) is 0. The van der Waals surface area contributed by atoms with Gasteiger partial charge in [-0.15, -0.1) is 0 Å². The number of hydroxylamine groups is 2. The van der Waals surface area contributed by atoms with Crippen molar-refractivity contribution in [3.8, 4) is 0 Å². The van der Waals surface area contributed by atoms with Gasteiger partial charge in [-0.1, -0.05) is 60.7 Å². The lowest BCUT2D eigenvalue weighted by atomic mass is 10.0. The van der Waals surface area contributed by atoms with E-state index in [1.807, 2.05) is 86.3 Å². The Hall–Kier alpha value is -2.33. The number of benzene rings is 2. The first-order chi connectivity index (χ1) is 12.0. The minimum atomic E-state index is -0.436. The van der Waals surface area contributed by atoms with Gasteiger partial charge >= 0.3 is 6.03 Å². The fourth-order valence-corrected chi connectivity index (χ4v) is 2.80. The molecule has 1 aliphatic rings. The molecule has 0 aliphatic carbocycles. The summed E-state index contributed by atoms with van der Waals surface area (Å²) in [6.45, 7) is 7.60. The number of hydrogen-bond acceptors (Lipinski definition) is 2. The number of carbonyl (C=O) groups excluding carboxylic acids is 1. The van der Waals surface area contributed by atoms with Gasteiger partial charge < -0.3 is 4.90 Å². The van der Waals surface area contributed by atoms with E-state index in [1.165, 1.54) is 5.06 Å². The SMILES string of the molecule is CC(C)(C)N(OC(c1ccccc1)c1ccccc1)C(=O)N1CCC1. The second kappa shape index (κ2) is 7.28. The van der Waals surface area contributed by atoms with Crippen LogP contribution >= 0.6 is 0 Å². The zero-order chi connectivity index (χ0) is 17.9. The fraction of sp³-hybridized carbons (Fsp3) is 0.381. The Bertz CT molecular complexity index is 651. The van der Waals surface area contributed by atoms with Crippen LogP contribution in [0.1, 0.15) is 44.4 Å². The molecule has 1 aliphatic heterocycles. The first kappa shape index (κ1) is 17.5. The topological polar surface area (TPSA) is 32.8 Å². The zero-order valence-corrected chi connectivity index (χ0v) is 15.2. The third-order valence-electron chi connectivity index (χ3n) is 4.33. The molecule has 4 heteroatoms. The lowest BCUT2D eigenvalue weighted by molar-refractivity contribution is -0.201. The summed E-state index contributed by atoms with van der Waals surface area (Å²) in [6.07, 6.45) is 0.733. The lowest BCUT2D eigenvalue weighted by Crippen LogP contribution is -2.55. The van der Waals surface area contributed by atoms with Crippen molar-refractivity contribution in [1.29, 1.82) is 0 Å². The molecular formula is C21H26N2O2. The molecule has 2 aromatic carbocycles. The van der Waals surface area contributed by atoms with Crippen molar-refractivity contribution >= 4 is 6.03 Å². The van der Waals surface area contributed by atoms with Crippen LogP contribution in [0.2, 0.25) is 0 Å². The minimum Gasteiger partial charge on any atom is -0.323 e. The lowest BCUT2D eigenvalue weighted by Gasteiger charge is -2.42. The van der Waals surface area contributed by atoms with E-state index in [1.54, 1.807) is 0 Å². The molecular weight excluding hydrogens is 312 g/mol. The van der Waals surface area contributed by atoms with E-state index in [-0.39, 0.29) is 12.1 Å². The largest absolute Gasteiger partial charge is 0.344 e. The predicted molar refractivity (Wildman–Crippen MR) is 99.0 cm³/mol. The zero-order valence-electron chi connectivity index (χ0n) is 15.2. The third-order valence-corrected chi connectivity index (χ3v) is 4.33. The van der Waals surface area contributed by atoms with Crippen molar-refractivity contribution in [3.05, 3.63) is 71.8 Å². The molecule has 1 saturated heterocycles. The molecule has 0 radical (unpaired) electrons. The molecule has 4 nitrogen and oxygen atoms in total. The van der Waals surface area contributed by atoms with E-state index in [9.17, 15) is 4.79 Å². The summed E-state index contributed by atoms with van der Waals surface area (Å²) in [4.78, 5) is 21.1. The van der Waals surface area contributed by atoms with Crippen LogP contribution in [0.25, 0.3) is 0 Å². The highest BCUT2D eigenvalue weighted by Crippen LogP contribution is 2.31. The number of rotatable bonds is 4. The normalized spacial score (nSPS) is 14.3. The molecule has 1 fully saturated rings. The number of nitrogens with zero attached hydrogens (tertiary/aromatic N) is 2. The standard InChI is InChI=1S/C21H26N2O2/c1-21(2,3)23(20(24)22-15-10-16-22)25-19(17-11-6-4-7-12-17)18-13-8-5-9-14-18/h4-9,11-14,19H,10,15-16H2,1-3H3. The first-order valence-corrected chi connectivity index (χ1v) is 8.82. The van der Waals surface area contributed by atoms with Crippen LogP contribution in [0.5, 0.6) is 0 Å². The van der Waals surface area contributed by atoms with Crippen molar-refractivity contribution in [1.82, 2.24) is 9.96 Å². The van der Waals surface area contributed by atoms with Crippen molar-refractivity contribution in [2.24, 2.45) is 0 Å². The van der Waals surface area contributed by atoms with Crippen LogP contribution in [-0.4, -0.2) is 34.6 Å². The van der Waals surface area contributed by atoms with E-state index in [0.29, 0.717) is 0 Å². The van der Waals surface area contributed by atoms with Gasteiger partial charge in [-0.05, 0) is 38.3 Å². The van der Waals surface area contributed by atoms with Crippen molar-refractivity contribution in [2.75, 3.05) is 13.1 Å². The number of likely N-dealkylation sites (tertiary alicyclic amines) is 1. The molecule has 132 valence electrons. The molecule has 0 bridgehead atoms. The van der Waals surface area contributed by atoms with Crippen molar-refractivity contribution in [2.45, 2.75) is 38.8 Å². The van der Waals surface area contributed by atoms with E-state index < -0.39 is 5.54 Å². The Morgan fingerprint density at radius 2 is 1.44 bits per heavy atom. The highest BCUT2D eigenvalue weighted by Gasteiger charge is 2.36. The van der Waals surface area contributed by atoms with Gasteiger partial charge in [-0.3, -0.25) is 4.84 Å². The average molecular weight is 338 g/mol. The predicted octanol–water partition coefficient (Wildman–Crippen LogP) is 4.63. The van der Waals surface area contributed by atoms with Crippen LogP contribution in [-0.2, 0) is 4.84 Å². The van der Waals surface area contributed by atoms with Crippen molar-refractivity contribution < 1.29 is 9.63 Å². The second-order valence-electron chi connectivity index (χ2n) is 7.40. The average Bonchev–Trinajstić information content (AvgIpc) is 2.54. The van der Waals surface area contributed by atoms with Gasteiger partial charge in [0.2, 0.25) is 0 Å². The summed E-state index contributed by atoms with van der Waals surface area (Å²) in [5, 5.41) is 1.54. The van der Waals surface area contributed by atoms with Gasteiger partial charge in [0.05, 0.1) is 5.54 Å². The van der Waals surface area contributed by atoms with Gasteiger partial charge in [0.15, 0.2) is 0 Å². The van der Waals surface area contributed by atoms with Crippen LogP contribution in [0.3, 0.4) is 0 Å². The van der Waals surface area contributed by atoms with Gasteiger partial charge in [0.1, 0.15) is 6.10 Å². The maximum absolute atomic E-state index is 12.9. The van der Waals surface area contributed by atoms with Crippen molar-refractivity contribution in [3.63, 3.8) is 0 Å². The van der Waals surface area contributed by atoms with Crippen LogP contribution < -0.4 is 0 Å². The highest BCUT2D eigenvalue weighted by atomic mass is 16.7. The first-order valence-electron chi connectivity index (χ1n) is 8.82. The summed E-state index contributed by atoms with van der Waals surface area (Å²) >= 11 is 0. The molecule has 3 rings (SSSR count). The third kappa shape index (κ3) is 4.02. The van der Waals surface area contributed by atoms with E-state index in [2.05, 4.69) is 0 Å². The molecule has 2 aromatic rings. The number of hydrogen-bond donors (Lipinski definition) is 0. The summed E-state index contributed by atoms with van der Waals surface area (Å²) < 4.78 is 0. The molecule has 0 aromatic heterocycles. The van der Waals surface area contributed by atoms with Gasteiger partial charge in [-0.25, -0.2) is 4.79 Å². The molecule has 2 amide bonds. The summed E-state index contributed by atoms with van der Waals surface area (Å²) in [6, 6.07) is 20.0. The van der Waals surface area contributed by atoms with E-state index in [4.69, 9.17) is 4.84 Å². The quantitative estimate of drug-likeness (QED) is 0.761. The Labute approximate surface area is 150 Å². The molecule has 0 spiro atoms. The smallest absolute Gasteiger partial charge is 0.323 e. The van der Waals surface area contributed by atoms with E-state index >= 15 is 0 Å². The fourth-order valence-electron chi connectivity index (χ4n) is 2.80. The molecule has 1 heterocycles. The van der Waals surface area contributed by atoms with Crippen LogP contribution in [0.15, 0.2) is 60.7 Å². The second-order valence-corrected chi connectivity index (χ2v) is 7.40.